The minimum atomic E-state index is -5.64. The van der Waals surface area contributed by atoms with Gasteiger partial charge in [0.1, 0.15) is 11.5 Å². The number of alkyl halides is 6. The van der Waals surface area contributed by atoms with Gasteiger partial charge in [-0.3, -0.25) is 4.79 Å². The standard InChI is InChI=1S/C33H30F6N2O11/c1-45-19-9-11-21(27(49-5)25(19)47-3)51-23-14-31(33(37,38)39,52-22-12-10-20(46-2)26(48-4)28(22)50-6)13-17(32(34,35)36)24(23)29(42)41-16-7-8-18(30(43)44)40-15-16/h7-13,15H,14H2,1-6H3,(H,41,42)(H,43,44). The van der Waals surface area contributed by atoms with Crippen LogP contribution in [-0.2, 0) is 4.79 Å². The minimum absolute atomic E-state index is 0.00257. The lowest BCUT2D eigenvalue weighted by Gasteiger charge is -2.39. The summed E-state index contributed by atoms with van der Waals surface area (Å²) in [5, 5.41) is 11.2. The average molecular weight is 745 g/mol. The van der Waals surface area contributed by atoms with Gasteiger partial charge in [-0.2, -0.15) is 26.3 Å². The van der Waals surface area contributed by atoms with Crippen molar-refractivity contribution in [3.05, 3.63) is 71.3 Å². The molecule has 3 aromatic rings. The van der Waals surface area contributed by atoms with Crippen molar-refractivity contribution in [2.24, 2.45) is 0 Å². The molecule has 0 bridgehead atoms. The number of aromatic carboxylic acids is 1. The van der Waals surface area contributed by atoms with E-state index in [0.717, 1.165) is 57.9 Å². The Balaban J connectivity index is 2.01. The molecular formula is C33H30F6N2O11. The number of carbonyl (C=O) groups excluding carboxylic acids is 1. The second kappa shape index (κ2) is 15.1. The molecule has 0 saturated heterocycles. The van der Waals surface area contributed by atoms with E-state index in [1.807, 2.05) is 0 Å². The minimum Gasteiger partial charge on any atom is -0.493 e. The summed E-state index contributed by atoms with van der Waals surface area (Å²) in [7, 11) is 7.01. The van der Waals surface area contributed by atoms with Crippen LogP contribution in [-0.4, -0.2) is 82.6 Å². The molecule has 1 atom stereocenters. The Morgan fingerprint density at radius 3 is 1.67 bits per heavy atom. The summed E-state index contributed by atoms with van der Waals surface area (Å²) in [6, 6.07) is 6.40. The first-order valence-electron chi connectivity index (χ1n) is 14.5. The highest BCUT2D eigenvalue weighted by Gasteiger charge is 2.62. The molecule has 13 nitrogen and oxygen atoms in total. The molecule has 280 valence electrons. The molecule has 1 unspecified atom stereocenters. The van der Waals surface area contributed by atoms with E-state index in [1.54, 1.807) is 0 Å². The van der Waals surface area contributed by atoms with Crippen molar-refractivity contribution < 1.29 is 78.9 Å². The number of hydrogen-bond acceptors (Lipinski definition) is 11. The van der Waals surface area contributed by atoms with Crippen LogP contribution < -0.4 is 43.2 Å². The number of anilines is 1. The van der Waals surface area contributed by atoms with Gasteiger partial charge in [-0.15, -0.1) is 0 Å². The lowest BCUT2D eigenvalue weighted by molar-refractivity contribution is -0.232. The lowest BCUT2D eigenvalue weighted by Crippen LogP contribution is -2.52. The van der Waals surface area contributed by atoms with Crippen molar-refractivity contribution >= 4 is 17.6 Å². The lowest BCUT2D eigenvalue weighted by atomic mass is 9.83. The third-order valence-corrected chi connectivity index (χ3v) is 7.46. The molecule has 0 fully saturated rings. The maximum absolute atomic E-state index is 15.3. The van der Waals surface area contributed by atoms with Crippen molar-refractivity contribution in [1.29, 1.82) is 0 Å². The molecule has 1 amide bonds. The van der Waals surface area contributed by atoms with Crippen LogP contribution in [0.4, 0.5) is 32.0 Å². The number of pyridine rings is 1. The van der Waals surface area contributed by atoms with E-state index in [4.69, 9.17) is 43.0 Å². The third-order valence-electron chi connectivity index (χ3n) is 7.46. The number of halogens is 6. The molecule has 0 radical (unpaired) electrons. The van der Waals surface area contributed by atoms with Crippen LogP contribution in [0.1, 0.15) is 16.9 Å². The molecule has 1 aliphatic rings. The second-order valence-corrected chi connectivity index (χ2v) is 10.5. The number of nitrogens with zero attached hydrogens (tertiary/aromatic N) is 1. The number of aromatic nitrogens is 1. The van der Waals surface area contributed by atoms with Gasteiger partial charge in [-0.25, -0.2) is 9.78 Å². The highest BCUT2D eigenvalue weighted by atomic mass is 19.4. The molecule has 1 heterocycles. The molecular weight excluding hydrogens is 714 g/mol. The van der Waals surface area contributed by atoms with Gasteiger partial charge >= 0.3 is 18.3 Å². The average Bonchev–Trinajstić information content (AvgIpc) is 3.10. The van der Waals surface area contributed by atoms with Crippen molar-refractivity contribution in [3.63, 3.8) is 0 Å². The highest BCUT2D eigenvalue weighted by molar-refractivity contribution is 6.08. The summed E-state index contributed by atoms with van der Waals surface area (Å²) in [6.45, 7) is 0. The van der Waals surface area contributed by atoms with E-state index in [0.29, 0.717) is 0 Å². The van der Waals surface area contributed by atoms with Gasteiger partial charge in [0.05, 0.1) is 72.1 Å². The molecule has 1 aromatic heterocycles. The molecule has 2 N–H and O–H groups in total. The molecule has 4 rings (SSSR count). The Bertz CT molecular complexity index is 1890. The van der Waals surface area contributed by atoms with Gasteiger partial charge in [0.2, 0.25) is 28.6 Å². The van der Waals surface area contributed by atoms with Crippen LogP contribution in [0.3, 0.4) is 0 Å². The van der Waals surface area contributed by atoms with Gasteiger partial charge in [0, 0.05) is 0 Å². The number of methoxy groups -OCH3 is 6. The number of carboxylic acid groups (broad SMARTS) is 1. The number of amides is 1. The number of rotatable bonds is 13. The predicted molar refractivity (Wildman–Crippen MR) is 168 cm³/mol. The molecule has 0 aliphatic heterocycles. The number of benzene rings is 2. The zero-order valence-electron chi connectivity index (χ0n) is 28.1. The summed E-state index contributed by atoms with van der Waals surface area (Å²) in [4.78, 5) is 28.5. The van der Waals surface area contributed by atoms with Gasteiger partial charge < -0.3 is 48.3 Å². The van der Waals surface area contributed by atoms with Crippen molar-refractivity contribution in [3.8, 4) is 46.0 Å². The monoisotopic (exact) mass is 744 g/mol. The zero-order valence-corrected chi connectivity index (χ0v) is 28.1. The molecule has 0 spiro atoms. The number of carbonyl (C=O) groups is 2. The first-order chi connectivity index (χ1) is 24.5. The first kappa shape index (κ1) is 38.8. The number of hydrogen-bond donors (Lipinski definition) is 2. The van der Waals surface area contributed by atoms with Crippen molar-refractivity contribution in [2.45, 2.75) is 24.4 Å². The van der Waals surface area contributed by atoms with Crippen LogP contribution in [0.2, 0.25) is 0 Å². The largest absolute Gasteiger partial charge is 0.493 e. The molecule has 2 aromatic carbocycles. The molecule has 52 heavy (non-hydrogen) atoms. The van der Waals surface area contributed by atoms with Gasteiger partial charge in [0.15, 0.2) is 23.0 Å². The van der Waals surface area contributed by atoms with E-state index in [9.17, 15) is 22.8 Å². The molecule has 0 saturated carbocycles. The van der Waals surface area contributed by atoms with Crippen LogP contribution >= 0.6 is 0 Å². The summed E-state index contributed by atoms with van der Waals surface area (Å²) in [6.07, 6.45) is -12.3. The predicted octanol–water partition coefficient (Wildman–Crippen LogP) is 6.38. The normalized spacial score (nSPS) is 16.0. The first-order valence-corrected chi connectivity index (χ1v) is 14.5. The van der Waals surface area contributed by atoms with Gasteiger partial charge in [0.25, 0.3) is 5.91 Å². The Labute approximate surface area is 291 Å². The fraction of sp³-hybridized carbons (Fsp3) is 0.303. The fourth-order valence-electron chi connectivity index (χ4n) is 5.12. The van der Waals surface area contributed by atoms with E-state index in [1.165, 1.54) is 27.4 Å². The summed E-state index contributed by atoms with van der Waals surface area (Å²) in [5.74, 6) is -6.49. The van der Waals surface area contributed by atoms with Crippen LogP contribution in [0.15, 0.2) is 65.6 Å². The Morgan fingerprint density at radius 2 is 1.23 bits per heavy atom. The Hall–Kier alpha value is -6.01. The third kappa shape index (κ3) is 7.52. The second-order valence-electron chi connectivity index (χ2n) is 10.5. The van der Waals surface area contributed by atoms with Crippen LogP contribution in [0, 0.1) is 0 Å². The number of ether oxygens (including phenoxy) is 8. The van der Waals surface area contributed by atoms with Crippen molar-refractivity contribution in [2.75, 3.05) is 48.0 Å². The van der Waals surface area contributed by atoms with Crippen LogP contribution in [0.5, 0.6) is 46.0 Å². The van der Waals surface area contributed by atoms with Crippen molar-refractivity contribution in [1.82, 2.24) is 4.98 Å². The highest BCUT2D eigenvalue weighted by Crippen LogP contribution is 2.53. The maximum Gasteiger partial charge on any atom is 0.432 e. The SMILES string of the molecule is COc1ccc(OC2=C(C(=O)Nc3ccc(C(=O)O)nc3)C(C(F)(F)F)=CC(Oc3ccc(OC)c(OC)c3OC)(C(F)(F)F)C2)c(OC)c1OC. The Kier molecular flexibility index (Phi) is 11.2. The van der Waals surface area contributed by atoms with E-state index in [2.05, 4.69) is 10.3 Å². The topological polar surface area (TPSA) is 153 Å². The fourth-order valence-corrected chi connectivity index (χ4v) is 5.12. The molecule has 1 aliphatic carbocycles. The summed E-state index contributed by atoms with van der Waals surface area (Å²) >= 11 is 0. The van der Waals surface area contributed by atoms with Gasteiger partial charge in [-0.1, -0.05) is 0 Å². The number of nitrogens with one attached hydrogen (secondary N) is 1. The number of carboxylic acids is 1. The van der Waals surface area contributed by atoms with E-state index >= 15 is 13.2 Å². The summed E-state index contributed by atoms with van der Waals surface area (Å²) < 4.78 is 133. The zero-order chi connectivity index (χ0) is 38.6. The smallest absolute Gasteiger partial charge is 0.432 e. The maximum atomic E-state index is 15.3. The van der Waals surface area contributed by atoms with E-state index in [-0.39, 0.29) is 40.5 Å². The quantitative estimate of drug-likeness (QED) is 0.187. The van der Waals surface area contributed by atoms with Gasteiger partial charge in [-0.05, 0) is 42.5 Å². The Morgan fingerprint density at radius 1 is 0.731 bits per heavy atom. The van der Waals surface area contributed by atoms with Crippen LogP contribution in [0.25, 0.3) is 0 Å². The summed E-state index contributed by atoms with van der Waals surface area (Å²) in [5.41, 5.74) is -8.12. The van der Waals surface area contributed by atoms with E-state index < -0.39 is 76.1 Å². The molecule has 19 heteroatoms.